The van der Waals surface area contributed by atoms with Gasteiger partial charge in [-0.2, -0.15) is 0 Å². The van der Waals surface area contributed by atoms with Gasteiger partial charge in [0, 0.05) is 6.04 Å². The van der Waals surface area contributed by atoms with E-state index < -0.39 is 0 Å². The van der Waals surface area contributed by atoms with Crippen LogP contribution >= 0.6 is 0 Å². The number of hydrogen-bond acceptors (Lipinski definition) is 1. The summed E-state index contributed by atoms with van der Waals surface area (Å²) >= 11 is 0. The summed E-state index contributed by atoms with van der Waals surface area (Å²) in [6, 6.07) is 0.493. The Bertz CT molecular complexity index is 188. The molecule has 0 aromatic carbocycles. The van der Waals surface area contributed by atoms with E-state index in [0.717, 1.165) is 12.5 Å². The van der Waals surface area contributed by atoms with E-state index in [1.54, 1.807) is 0 Å². The zero-order chi connectivity index (χ0) is 12.1. The molecule has 15 heavy (non-hydrogen) atoms. The highest BCUT2D eigenvalue weighted by atomic mass is 14.9. The molecule has 90 valence electrons. The van der Waals surface area contributed by atoms with E-state index in [1.165, 1.54) is 18.4 Å². The minimum Gasteiger partial charge on any atom is -0.311 e. The Hall–Kier alpha value is -0.300. The summed E-state index contributed by atoms with van der Waals surface area (Å²) in [4.78, 5) is 0. The van der Waals surface area contributed by atoms with Crippen molar-refractivity contribution in [3.8, 4) is 0 Å². The molecule has 0 bridgehead atoms. The van der Waals surface area contributed by atoms with Gasteiger partial charge in [0.2, 0.25) is 0 Å². The van der Waals surface area contributed by atoms with Crippen molar-refractivity contribution < 1.29 is 0 Å². The Labute approximate surface area is 96.3 Å². The van der Waals surface area contributed by atoms with Gasteiger partial charge >= 0.3 is 0 Å². The van der Waals surface area contributed by atoms with Gasteiger partial charge < -0.3 is 5.32 Å². The summed E-state index contributed by atoms with van der Waals surface area (Å²) in [6.07, 6.45) is 2.49. The first kappa shape index (κ1) is 14.7. The molecule has 0 amide bonds. The zero-order valence-corrected chi connectivity index (χ0v) is 11.5. The molecule has 2 unspecified atom stereocenters. The lowest BCUT2D eigenvalue weighted by atomic mass is 9.82. The van der Waals surface area contributed by atoms with Crippen molar-refractivity contribution in [1.29, 1.82) is 0 Å². The van der Waals surface area contributed by atoms with Gasteiger partial charge in [0.15, 0.2) is 0 Å². The molecular weight excluding hydrogens is 182 g/mol. The van der Waals surface area contributed by atoms with Crippen LogP contribution in [0.5, 0.6) is 0 Å². The van der Waals surface area contributed by atoms with Crippen molar-refractivity contribution in [3.63, 3.8) is 0 Å². The molecule has 0 aromatic heterocycles. The molecule has 0 radical (unpaired) electrons. The van der Waals surface area contributed by atoms with E-state index in [9.17, 15) is 0 Å². The highest BCUT2D eigenvalue weighted by Gasteiger charge is 2.18. The van der Waals surface area contributed by atoms with Crippen molar-refractivity contribution in [3.05, 3.63) is 12.2 Å². The third-order valence-electron chi connectivity index (χ3n) is 2.64. The SMILES string of the molecule is C=C(C)C(CC(C)CC(C)(C)C)NCC. The van der Waals surface area contributed by atoms with E-state index >= 15 is 0 Å². The van der Waals surface area contributed by atoms with Crippen LogP contribution in [-0.2, 0) is 0 Å². The zero-order valence-electron chi connectivity index (χ0n) is 11.5. The molecule has 2 atom stereocenters. The van der Waals surface area contributed by atoms with Gasteiger partial charge in [-0.25, -0.2) is 0 Å². The second-order valence-corrected chi connectivity index (χ2v) is 6.06. The summed E-state index contributed by atoms with van der Waals surface area (Å²) in [5, 5.41) is 3.50. The fourth-order valence-corrected chi connectivity index (χ4v) is 2.24. The third kappa shape index (κ3) is 7.61. The van der Waals surface area contributed by atoms with Crippen molar-refractivity contribution in [2.75, 3.05) is 6.54 Å². The van der Waals surface area contributed by atoms with Crippen molar-refractivity contribution in [2.24, 2.45) is 11.3 Å². The Morgan fingerprint density at radius 3 is 2.20 bits per heavy atom. The molecule has 0 heterocycles. The largest absolute Gasteiger partial charge is 0.311 e. The maximum absolute atomic E-state index is 4.06. The topological polar surface area (TPSA) is 12.0 Å². The van der Waals surface area contributed by atoms with Gasteiger partial charge in [0.05, 0.1) is 0 Å². The van der Waals surface area contributed by atoms with Crippen LogP contribution in [0, 0.1) is 11.3 Å². The predicted molar refractivity (Wildman–Crippen MR) is 70.1 cm³/mol. The smallest absolute Gasteiger partial charge is 0.0276 e. The normalized spacial score (nSPS) is 16.1. The predicted octanol–water partition coefficient (Wildman–Crippen LogP) is 4.00. The Kier molecular flexibility index (Phi) is 6.19. The highest BCUT2D eigenvalue weighted by Crippen LogP contribution is 2.27. The lowest BCUT2D eigenvalue weighted by Gasteiger charge is -2.27. The van der Waals surface area contributed by atoms with Crippen LogP contribution in [0.1, 0.15) is 54.4 Å². The second-order valence-electron chi connectivity index (χ2n) is 6.06. The molecular formula is C14H29N. The first-order chi connectivity index (χ1) is 6.76. The molecule has 0 fully saturated rings. The molecule has 0 saturated carbocycles. The number of likely N-dealkylation sites (N-methyl/N-ethyl adjacent to an activating group) is 1. The molecule has 1 N–H and O–H groups in total. The average molecular weight is 211 g/mol. The van der Waals surface area contributed by atoms with Crippen molar-refractivity contribution in [1.82, 2.24) is 5.32 Å². The van der Waals surface area contributed by atoms with Crippen LogP contribution in [-0.4, -0.2) is 12.6 Å². The molecule has 0 aliphatic carbocycles. The first-order valence-corrected chi connectivity index (χ1v) is 6.15. The van der Waals surface area contributed by atoms with E-state index in [2.05, 4.69) is 53.4 Å². The molecule has 0 aliphatic heterocycles. The van der Waals surface area contributed by atoms with E-state index in [-0.39, 0.29) is 0 Å². The van der Waals surface area contributed by atoms with E-state index in [0.29, 0.717) is 11.5 Å². The molecule has 1 nitrogen and oxygen atoms in total. The standard InChI is InChI=1S/C14H29N/c1-8-15-13(11(2)3)9-12(4)10-14(5,6)7/h12-13,15H,2,8-10H2,1,3-7H3. The monoisotopic (exact) mass is 211 g/mol. The third-order valence-corrected chi connectivity index (χ3v) is 2.64. The van der Waals surface area contributed by atoms with Crippen LogP contribution in [0.2, 0.25) is 0 Å². The van der Waals surface area contributed by atoms with Crippen LogP contribution in [0.3, 0.4) is 0 Å². The Balaban J connectivity index is 4.11. The maximum Gasteiger partial charge on any atom is 0.0276 e. The highest BCUT2D eigenvalue weighted by molar-refractivity contribution is 5.01. The van der Waals surface area contributed by atoms with Crippen LogP contribution in [0.25, 0.3) is 0 Å². The average Bonchev–Trinajstić information content (AvgIpc) is 1.99. The number of nitrogens with one attached hydrogen (secondary N) is 1. The summed E-state index contributed by atoms with van der Waals surface area (Å²) in [7, 11) is 0. The quantitative estimate of drug-likeness (QED) is 0.655. The molecule has 0 saturated heterocycles. The van der Waals surface area contributed by atoms with Crippen LogP contribution in [0.4, 0.5) is 0 Å². The van der Waals surface area contributed by atoms with Crippen molar-refractivity contribution >= 4 is 0 Å². The molecule has 0 aliphatic rings. The summed E-state index contributed by atoms with van der Waals surface area (Å²) < 4.78 is 0. The maximum atomic E-state index is 4.06. The number of rotatable bonds is 6. The molecule has 0 spiro atoms. The van der Waals surface area contributed by atoms with Gasteiger partial charge in [0.1, 0.15) is 0 Å². The fourth-order valence-electron chi connectivity index (χ4n) is 2.24. The van der Waals surface area contributed by atoms with Crippen LogP contribution < -0.4 is 5.32 Å². The van der Waals surface area contributed by atoms with E-state index in [1.807, 2.05) is 0 Å². The fraction of sp³-hybridized carbons (Fsp3) is 0.857. The van der Waals surface area contributed by atoms with Gasteiger partial charge in [-0.05, 0) is 37.6 Å². The lowest BCUT2D eigenvalue weighted by molar-refractivity contribution is 0.283. The van der Waals surface area contributed by atoms with Gasteiger partial charge in [0.25, 0.3) is 0 Å². The van der Waals surface area contributed by atoms with Gasteiger partial charge in [-0.15, -0.1) is 0 Å². The second kappa shape index (κ2) is 6.32. The molecule has 0 aromatic rings. The van der Waals surface area contributed by atoms with Crippen molar-refractivity contribution in [2.45, 2.75) is 60.4 Å². The summed E-state index contributed by atoms with van der Waals surface area (Å²) in [5.74, 6) is 0.755. The Morgan fingerprint density at radius 2 is 1.87 bits per heavy atom. The number of hydrogen-bond donors (Lipinski definition) is 1. The summed E-state index contributed by atoms with van der Waals surface area (Å²) in [5.41, 5.74) is 1.70. The Morgan fingerprint density at radius 1 is 1.33 bits per heavy atom. The van der Waals surface area contributed by atoms with E-state index in [4.69, 9.17) is 0 Å². The van der Waals surface area contributed by atoms with Crippen LogP contribution in [0.15, 0.2) is 12.2 Å². The first-order valence-electron chi connectivity index (χ1n) is 6.15. The van der Waals surface area contributed by atoms with Gasteiger partial charge in [-0.1, -0.05) is 46.8 Å². The lowest BCUT2D eigenvalue weighted by Crippen LogP contribution is -2.32. The summed E-state index contributed by atoms with van der Waals surface area (Å²) in [6.45, 7) is 18.6. The van der Waals surface area contributed by atoms with Gasteiger partial charge in [-0.3, -0.25) is 0 Å². The minimum absolute atomic E-state index is 0.436. The minimum atomic E-state index is 0.436. The molecule has 1 heteroatoms. The molecule has 0 rings (SSSR count).